The van der Waals surface area contributed by atoms with Crippen LogP contribution in [-0.4, -0.2) is 20.9 Å². The second-order valence-electron chi connectivity index (χ2n) is 6.40. The number of hydrogen-bond acceptors (Lipinski definition) is 4. The predicted molar refractivity (Wildman–Crippen MR) is 97.3 cm³/mol. The lowest BCUT2D eigenvalue weighted by atomic mass is 9.90. The molecule has 1 aliphatic rings. The Hall–Kier alpha value is -1.72. The summed E-state index contributed by atoms with van der Waals surface area (Å²) in [5.74, 6) is 0.520. The van der Waals surface area contributed by atoms with E-state index >= 15 is 0 Å². The van der Waals surface area contributed by atoms with Crippen LogP contribution < -0.4 is 0 Å². The molecule has 1 aliphatic carbocycles. The molecule has 24 heavy (non-hydrogen) atoms. The minimum Gasteiger partial charge on any atom is -0.296 e. The van der Waals surface area contributed by atoms with Crippen molar-refractivity contribution in [2.24, 2.45) is 0 Å². The van der Waals surface area contributed by atoms with Crippen LogP contribution in [0.3, 0.4) is 0 Å². The lowest BCUT2D eigenvalue weighted by Gasteiger charge is -2.18. The van der Waals surface area contributed by atoms with Gasteiger partial charge in [-0.2, -0.15) is 9.61 Å². The standard InChI is InChI=1S/C18H18ClN3OS/c1-11-9-13(7-8-14(11)19)16-15(10-23)22-18(20-16)24-17(21-22)12-5-3-2-4-6-12/h7-10,12H,2-6H2,1H3. The molecule has 0 amide bonds. The van der Waals surface area contributed by atoms with Crippen molar-refractivity contribution < 1.29 is 4.79 Å². The fraction of sp³-hybridized carbons (Fsp3) is 0.389. The van der Waals surface area contributed by atoms with E-state index in [0.717, 1.165) is 27.4 Å². The van der Waals surface area contributed by atoms with E-state index in [1.54, 1.807) is 15.9 Å². The molecule has 0 spiro atoms. The van der Waals surface area contributed by atoms with E-state index in [1.165, 1.54) is 32.1 Å². The van der Waals surface area contributed by atoms with Crippen LogP contribution in [-0.2, 0) is 0 Å². The quantitative estimate of drug-likeness (QED) is 0.598. The number of imidazole rings is 1. The fourth-order valence-corrected chi connectivity index (χ4v) is 4.60. The number of carbonyl (C=O) groups is 1. The van der Waals surface area contributed by atoms with E-state index in [0.29, 0.717) is 22.3 Å². The summed E-state index contributed by atoms with van der Waals surface area (Å²) >= 11 is 7.71. The summed E-state index contributed by atoms with van der Waals surface area (Å²) in [4.78, 5) is 17.2. The number of benzene rings is 1. The van der Waals surface area contributed by atoms with Crippen LogP contribution >= 0.6 is 22.9 Å². The van der Waals surface area contributed by atoms with E-state index in [1.807, 2.05) is 25.1 Å². The van der Waals surface area contributed by atoms with Gasteiger partial charge in [-0.25, -0.2) is 4.98 Å². The van der Waals surface area contributed by atoms with Crippen molar-refractivity contribution in [2.45, 2.75) is 44.9 Å². The van der Waals surface area contributed by atoms with Crippen LogP contribution in [0.4, 0.5) is 0 Å². The van der Waals surface area contributed by atoms with E-state index in [4.69, 9.17) is 16.7 Å². The average Bonchev–Trinajstić information content (AvgIpc) is 3.15. The van der Waals surface area contributed by atoms with Crippen molar-refractivity contribution in [1.29, 1.82) is 0 Å². The van der Waals surface area contributed by atoms with Gasteiger partial charge in [-0.05, 0) is 37.5 Å². The Balaban J connectivity index is 1.78. The Kier molecular flexibility index (Phi) is 4.14. The third kappa shape index (κ3) is 2.66. The highest BCUT2D eigenvalue weighted by molar-refractivity contribution is 7.16. The number of fused-ring (bicyclic) bond motifs is 1. The number of carbonyl (C=O) groups excluding carboxylic acids is 1. The van der Waals surface area contributed by atoms with Gasteiger partial charge in [0.1, 0.15) is 16.4 Å². The highest BCUT2D eigenvalue weighted by Gasteiger charge is 2.23. The lowest BCUT2D eigenvalue weighted by molar-refractivity contribution is 0.111. The molecule has 0 bridgehead atoms. The Morgan fingerprint density at radius 2 is 2.08 bits per heavy atom. The molecule has 0 saturated heterocycles. The molecule has 0 aliphatic heterocycles. The number of aldehydes is 1. The van der Waals surface area contributed by atoms with Crippen molar-refractivity contribution in [3.63, 3.8) is 0 Å². The Morgan fingerprint density at radius 3 is 2.79 bits per heavy atom. The summed E-state index contributed by atoms with van der Waals surface area (Å²) in [6, 6.07) is 5.70. The van der Waals surface area contributed by atoms with Gasteiger partial charge >= 0.3 is 0 Å². The van der Waals surface area contributed by atoms with Gasteiger partial charge in [0, 0.05) is 16.5 Å². The smallest absolute Gasteiger partial charge is 0.213 e. The van der Waals surface area contributed by atoms with Crippen LogP contribution in [0.5, 0.6) is 0 Å². The molecular weight excluding hydrogens is 342 g/mol. The van der Waals surface area contributed by atoms with Gasteiger partial charge in [0.2, 0.25) is 4.96 Å². The number of hydrogen-bond donors (Lipinski definition) is 0. The van der Waals surface area contributed by atoms with Crippen molar-refractivity contribution in [3.05, 3.63) is 39.5 Å². The third-order valence-electron chi connectivity index (χ3n) is 4.75. The second kappa shape index (κ2) is 6.30. The molecule has 0 atom stereocenters. The molecule has 1 fully saturated rings. The Bertz CT molecular complexity index is 909. The molecule has 3 aromatic rings. The first-order valence-corrected chi connectivity index (χ1v) is 9.48. The van der Waals surface area contributed by atoms with Crippen LogP contribution in [0.1, 0.15) is 59.1 Å². The first-order chi connectivity index (χ1) is 11.7. The number of nitrogens with zero attached hydrogens (tertiary/aromatic N) is 3. The van der Waals surface area contributed by atoms with Gasteiger partial charge in [-0.1, -0.05) is 48.3 Å². The topological polar surface area (TPSA) is 47.3 Å². The van der Waals surface area contributed by atoms with Gasteiger partial charge in [0.05, 0.1) is 0 Å². The highest BCUT2D eigenvalue weighted by atomic mass is 35.5. The van der Waals surface area contributed by atoms with Gasteiger partial charge in [-0.15, -0.1) is 0 Å². The van der Waals surface area contributed by atoms with E-state index in [9.17, 15) is 4.79 Å². The number of rotatable bonds is 3. The largest absolute Gasteiger partial charge is 0.296 e. The van der Waals surface area contributed by atoms with Gasteiger partial charge in [0.15, 0.2) is 6.29 Å². The van der Waals surface area contributed by atoms with E-state index in [-0.39, 0.29) is 0 Å². The maximum atomic E-state index is 11.7. The molecule has 2 aromatic heterocycles. The number of aromatic nitrogens is 3. The van der Waals surface area contributed by atoms with Gasteiger partial charge < -0.3 is 0 Å². The average molecular weight is 360 g/mol. The summed E-state index contributed by atoms with van der Waals surface area (Å²) < 4.78 is 1.71. The number of aryl methyl sites for hydroxylation is 1. The zero-order valence-corrected chi connectivity index (χ0v) is 15.0. The van der Waals surface area contributed by atoms with E-state index < -0.39 is 0 Å². The minimum absolute atomic E-state index is 0.519. The van der Waals surface area contributed by atoms with Crippen LogP contribution in [0.2, 0.25) is 5.02 Å². The summed E-state index contributed by atoms with van der Waals surface area (Å²) in [6.45, 7) is 1.95. The molecule has 1 saturated carbocycles. The normalized spacial score (nSPS) is 15.9. The van der Waals surface area contributed by atoms with Crippen LogP contribution in [0.25, 0.3) is 16.2 Å². The Morgan fingerprint density at radius 1 is 1.29 bits per heavy atom. The van der Waals surface area contributed by atoms with Gasteiger partial charge in [0.25, 0.3) is 0 Å². The maximum Gasteiger partial charge on any atom is 0.213 e. The highest BCUT2D eigenvalue weighted by Crippen LogP contribution is 2.36. The first kappa shape index (κ1) is 15.8. The summed E-state index contributed by atoms with van der Waals surface area (Å²) in [5, 5.41) is 6.53. The molecule has 4 nitrogen and oxygen atoms in total. The molecule has 0 radical (unpaired) electrons. The number of halogens is 1. The monoisotopic (exact) mass is 359 g/mol. The third-order valence-corrected chi connectivity index (χ3v) is 6.25. The summed E-state index contributed by atoms with van der Waals surface area (Å²) in [5.41, 5.74) is 3.07. The van der Waals surface area contributed by atoms with Crippen LogP contribution in [0.15, 0.2) is 18.2 Å². The predicted octanol–water partition coefficient (Wildman–Crippen LogP) is 5.28. The zero-order valence-electron chi connectivity index (χ0n) is 13.5. The van der Waals surface area contributed by atoms with Crippen molar-refractivity contribution in [2.75, 3.05) is 0 Å². The first-order valence-electron chi connectivity index (χ1n) is 8.28. The molecule has 1 aromatic carbocycles. The zero-order chi connectivity index (χ0) is 16.7. The molecule has 4 rings (SSSR count). The van der Waals surface area contributed by atoms with Gasteiger partial charge in [-0.3, -0.25) is 4.79 Å². The van der Waals surface area contributed by atoms with E-state index in [2.05, 4.69) is 4.98 Å². The Labute approximate surface area is 149 Å². The van der Waals surface area contributed by atoms with Crippen LogP contribution in [0, 0.1) is 6.92 Å². The molecule has 2 heterocycles. The molecule has 0 unspecified atom stereocenters. The summed E-state index contributed by atoms with van der Waals surface area (Å²) in [7, 11) is 0. The molecule has 0 N–H and O–H groups in total. The molecule has 124 valence electrons. The fourth-order valence-electron chi connectivity index (χ4n) is 3.40. The minimum atomic E-state index is 0.519. The molecule has 6 heteroatoms. The van der Waals surface area contributed by atoms with Crippen molar-refractivity contribution in [1.82, 2.24) is 14.6 Å². The maximum absolute atomic E-state index is 11.7. The SMILES string of the molecule is Cc1cc(-c2nc3sc(C4CCCCC4)nn3c2C=O)ccc1Cl. The molecular formula is C18H18ClN3OS. The van der Waals surface area contributed by atoms with Crippen molar-refractivity contribution >= 4 is 34.2 Å². The summed E-state index contributed by atoms with van der Waals surface area (Å²) in [6.07, 6.45) is 7.08. The lowest BCUT2D eigenvalue weighted by Crippen LogP contribution is -2.05. The van der Waals surface area contributed by atoms with Crippen molar-refractivity contribution in [3.8, 4) is 11.3 Å². The second-order valence-corrected chi connectivity index (χ2v) is 7.79.